The minimum absolute atomic E-state index is 0.216. The summed E-state index contributed by atoms with van der Waals surface area (Å²) in [6, 6.07) is 20.3. The maximum atomic E-state index is 13.0. The first-order chi connectivity index (χ1) is 12.8. The summed E-state index contributed by atoms with van der Waals surface area (Å²) in [7, 11) is 0. The number of fused-ring (bicyclic) bond motifs is 1. The zero-order valence-corrected chi connectivity index (χ0v) is 14.0. The van der Waals surface area contributed by atoms with E-state index in [-0.39, 0.29) is 12.5 Å². The summed E-state index contributed by atoms with van der Waals surface area (Å²) in [4.78, 5) is 14.5. The normalized spacial score (nSPS) is 15.6. The summed E-state index contributed by atoms with van der Waals surface area (Å²) in [5.41, 5.74) is 2.15. The van der Waals surface area contributed by atoms with E-state index in [1.54, 1.807) is 30.5 Å². The summed E-state index contributed by atoms with van der Waals surface area (Å²) in [5, 5.41) is 9.61. The Morgan fingerprint density at radius 1 is 1.08 bits per heavy atom. The van der Waals surface area contributed by atoms with Gasteiger partial charge in [0.2, 0.25) is 0 Å². The van der Waals surface area contributed by atoms with Crippen molar-refractivity contribution in [2.24, 2.45) is 0 Å². The molecular formula is C21H16N2O3. The molecule has 128 valence electrons. The van der Waals surface area contributed by atoms with Crippen LogP contribution >= 0.6 is 0 Å². The fraction of sp³-hybridized carbons (Fsp3) is 0.143. The highest BCUT2D eigenvalue weighted by molar-refractivity contribution is 6.02. The van der Waals surface area contributed by atoms with Gasteiger partial charge in [0.15, 0.2) is 0 Å². The first kappa shape index (κ1) is 16.0. The highest BCUT2D eigenvalue weighted by Gasteiger charge is 2.39. The van der Waals surface area contributed by atoms with Crippen LogP contribution in [-0.2, 0) is 13.2 Å². The van der Waals surface area contributed by atoms with Crippen LogP contribution < -0.4 is 4.74 Å². The molecule has 5 nitrogen and oxygen atoms in total. The molecule has 26 heavy (non-hydrogen) atoms. The molecule has 3 aromatic rings. The number of nitrogens with zero attached hydrogens (tertiary/aromatic N) is 2. The number of rotatable bonds is 5. The Balaban J connectivity index is 1.63. The SMILES string of the molecule is N#CC1c2cccc(OCc3ccccc3)c2C(=O)N1Cc1ccco1. The molecule has 0 bridgehead atoms. The van der Waals surface area contributed by atoms with Crippen LogP contribution in [0.4, 0.5) is 0 Å². The molecule has 0 radical (unpaired) electrons. The molecule has 0 saturated heterocycles. The number of benzene rings is 2. The van der Waals surface area contributed by atoms with Crippen LogP contribution in [0.15, 0.2) is 71.3 Å². The Kier molecular flexibility index (Phi) is 4.16. The fourth-order valence-corrected chi connectivity index (χ4v) is 3.16. The van der Waals surface area contributed by atoms with Crippen molar-refractivity contribution in [1.29, 1.82) is 5.26 Å². The Bertz CT molecular complexity index is 959. The van der Waals surface area contributed by atoms with Gasteiger partial charge in [-0.25, -0.2) is 0 Å². The number of carbonyl (C=O) groups is 1. The van der Waals surface area contributed by atoms with Crippen molar-refractivity contribution in [2.75, 3.05) is 0 Å². The molecule has 1 aliphatic rings. The highest BCUT2D eigenvalue weighted by Crippen LogP contribution is 2.39. The second-order valence-electron chi connectivity index (χ2n) is 6.04. The van der Waals surface area contributed by atoms with Crippen LogP contribution in [0.5, 0.6) is 5.75 Å². The highest BCUT2D eigenvalue weighted by atomic mass is 16.5. The van der Waals surface area contributed by atoms with E-state index in [9.17, 15) is 10.1 Å². The number of nitriles is 1. The first-order valence-electron chi connectivity index (χ1n) is 8.30. The summed E-state index contributed by atoms with van der Waals surface area (Å²) in [5.74, 6) is 0.920. The molecule has 1 atom stereocenters. The maximum Gasteiger partial charge on any atom is 0.259 e. The van der Waals surface area contributed by atoms with Gasteiger partial charge in [-0.15, -0.1) is 0 Å². The molecule has 1 aliphatic heterocycles. The van der Waals surface area contributed by atoms with Gasteiger partial charge in [0.05, 0.1) is 24.4 Å². The Labute approximate surface area is 151 Å². The van der Waals surface area contributed by atoms with Gasteiger partial charge in [0, 0.05) is 5.56 Å². The predicted octanol–water partition coefficient (Wildman–Crippen LogP) is 4.08. The zero-order valence-electron chi connectivity index (χ0n) is 14.0. The number of furan rings is 1. The molecule has 4 rings (SSSR count). The lowest BCUT2D eigenvalue weighted by molar-refractivity contribution is 0.0728. The van der Waals surface area contributed by atoms with Crippen molar-refractivity contribution in [3.05, 3.63) is 89.4 Å². The summed E-state index contributed by atoms with van der Waals surface area (Å²) in [6.07, 6.45) is 1.55. The van der Waals surface area contributed by atoms with Crippen LogP contribution in [0.2, 0.25) is 0 Å². The van der Waals surface area contributed by atoms with Gasteiger partial charge in [-0.2, -0.15) is 5.26 Å². The lowest BCUT2D eigenvalue weighted by Gasteiger charge is -2.18. The molecule has 5 heteroatoms. The Morgan fingerprint density at radius 2 is 1.92 bits per heavy atom. The Morgan fingerprint density at radius 3 is 2.65 bits per heavy atom. The average molecular weight is 344 g/mol. The minimum Gasteiger partial charge on any atom is -0.488 e. The summed E-state index contributed by atoms with van der Waals surface area (Å²) < 4.78 is 11.2. The number of hydrogen-bond donors (Lipinski definition) is 0. The molecule has 0 N–H and O–H groups in total. The van der Waals surface area contributed by atoms with Gasteiger partial charge in [-0.1, -0.05) is 42.5 Å². The van der Waals surface area contributed by atoms with E-state index in [2.05, 4.69) is 6.07 Å². The van der Waals surface area contributed by atoms with Gasteiger partial charge >= 0.3 is 0 Å². The smallest absolute Gasteiger partial charge is 0.259 e. The van der Waals surface area contributed by atoms with E-state index in [1.807, 2.05) is 36.4 Å². The fourth-order valence-electron chi connectivity index (χ4n) is 3.16. The predicted molar refractivity (Wildman–Crippen MR) is 94.2 cm³/mol. The van der Waals surface area contributed by atoms with Crippen molar-refractivity contribution in [1.82, 2.24) is 4.90 Å². The van der Waals surface area contributed by atoms with Crippen LogP contribution in [0.3, 0.4) is 0 Å². The van der Waals surface area contributed by atoms with Gasteiger partial charge < -0.3 is 14.1 Å². The molecule has 2 heterocycles. The second kappa shape index (κ2) is 6.77. The van der Waals surface area contributed by atoms with Gasteiger partial charge in [0.25, 0.3) is 5.91 Å². The largest absolute Gasteiger partial charge is 0.488 e. The van der Waals surface area contributed by atoms with E-state index in [4.69, 9.17) is 9.15 Å². The summed E-state index contributed by atoms with van der Waals surface area (Å²) in [6.45, 7) is 0.608. The lowest BCUT2D eigenvalue weighted by atomic mass is 10.0. The number of ether oxygens (including phenoxy) is 1. The third-order valence-corrected chi connectivity index (χ3v) is 4.41. The second-order valence-corrected chi connectivity index (χ2v) is 6.04. The molecule has 0 saturated carbocycles. The Hall–Kier alpha value is -3.52. The number of carbonyl (C=O) groups excluding carboxylic acids is 1. The molecular weight excluding hydrogens is 328 g/mol. The van der Waals surface area contributed by atoms with Crippen molar-refractivity contribution in [2.45, 2.75) is 19.2 Å². The van der Waals surface area contributed by atoms with E-state index in [1.165, 1.54) is 4.90 Å². The molecule has 1 unspecified atom stereocenters. The molecule has 1 amide bonds. The maximum absolute atomic E-state index is 13.0. The van der Waals surface area contributed by atoms with Crippen LogP contribution in [0.1, 0.15) is 33.3 Å². The van der Waals surface area contributed by atoms with Crippen molar-refractivity contribution >= 4 is 5.91 Å². The van der Waals surface area contributed by atoms with Crippen molar-refractivity contribution in [3.8, 4) is 11.8 Å². The molecule has 0 spiro atoms. The molecule has 0 fully saturated rings. The third-order valence-electron chi connectivity index (χ3n) is 4.41. The monoisotopic (exact) mass is 344 g/mol. The average Bonchev–Trinajstić information content (AvgIpc) is 3.28. The minimum atomic E-state index is -0.650. The van der Waals surface area contributed by atoms with E-state index < -0.39 is 6.04 Å². The summed E-state index contributed by atoms with van der Waals surface area (Å²) >= 11 is 0. The quantitative estimate of drug-likeness (QED) is 0.699. The molecule has 1 aromatic heterocycles. The molecule has 0 aliphatic carbocycles. The first-order valence-corrected chi connectivity index (χ1v) is 8.30. The van der Waals surface area contributed by atoms with Crippen LogP contribution in [0.25, 0.3) is 0 Å². The van der Waals surface area contributed by atoms with Crippen LogP contribution in [-0.4, -0.2) is 10.8 Å². The van der Waals surface area contributed by atoms with Gasteiger partial charge in [-0.3, -0.25) is 4.79 Å². The lowest BCUT2D eigenvalue weighted by Crippen LogP contribution is -2.26. The van der Waals surface area contributed by atoms with E-state index in [0.29, 0.717) is 29.2 Å². The van der Waals surface area contributed by atoms with Gasteiger partial charge in [-0.05, 0) is 23.8 Å². The third kappa shape index (κ3) is 2.82. The molecule has 2 aromatic carbocycles. The van der Waals surface area contributed by atoms with E-state index in [0.717, 1.165) is 5.56 Å². The standard InChI is InChI=1S/C21H16N2O3/c22-12-18-17-9-4-10-19(26-14-15-6-2-1-3-7-15)20(17)21(24)23(18)13-16-8-5-11-25-16/h1-11,18H,13-14H2. The zero-order chi connectivity index (χ0) is 17.9. The van der Waals surface area contributed by atoms with Crippen molar-refractivity contribution < 1.29 is 13.9 Å². The van der Waals surface area contributed by atoms with Crippen molar-refractivity contribution in [3.63, 3.8) is 0 Å². The number of amides is 1. The topological polar surface area (TPSA) is 66.5 Å². The number of hydrogen-bond acceptors (Lipinski definition) is 4. The van der Waals surface area contributed by atoms with E-state index >= 15 is 0 Å². The van der Waals surface area contributed by atoms with Gasteiger partial charge in [0.1, 0.15) is 24.2 Å². The van der Waals surface area contributed by atoms with Crippen LogP contribution in [0, 0.1) is 11.3 Å².